The summed E-state index contributed by atoms with van der Waals surface area (Å²) in [5, 5.41) is 4.90. The molecular weight excluding hydrogens is 352 g/mol. The van der Waals surface area contributed by atoms with E-state index in [0.29, 0.717) is 11.8 Å². The van der Waals surface area contributed by atoms with Crippen LogP contribution in [0.1, 0.15) is 50.7 Å². The van der Waals surface area contributed by atoms with Gasteiger partial charge in [0, 0.05) is 16.6 Å². The van der Waals surface area contributed by atoms with E-state index >= 15 is 0 Å². The Labute approximate surface area is 173 Å². The molecule has 2 nitrogen and oxygen atoms in total. The molecule has 0 radical (unpaired) electrons. The predicted octanol–water partition coefficient (Wildman–Crippen LogP) is 7.89. The first-order valence-electron chi connectivity index (χ1n) is 10.4. The fraction of sp³-hybridized carbons (Fsp3) is 0.222. The lowest BCUT2D eigenvalue weighted by Crippen LogP contribution is -2.04. The number of nitrogens with one attached hydrogen (secondary N) is 1. The predicted molar refractivity (Wildman–Crippen MR) is 125 cm³/mol. The zero-order valence-corrected chi connectivity index (χ0v) is 17.6. The van der Waals surface area contributed by atoms with Crippen LogP contribution in [0.4, 0.5) is 11.4 Å². The maximum absolute atomic E-state index is 5.03. The number of para-hydroxylation sites is 2. The Morgan fingerprint density at radius 1 is 0.655 bits per heavy atom. The van der Waals surface area contributed by atoms with E-state index < -0.39 is 0 Å². The van der Waals surface area contributed by atoms with E-state index in [9.17, 15) is 0 Å². The Hall–Kier alpha value is -3.13. The van der Waals surface area contributed by atoms with Gasteiger partial charge >= 0.3 is 0 Å². The van der Waals surface area contributed by atoms with Gasteiger partial charge in [-0.15, -0.1) is 0 Å². The van der Waals surface area contributed by atoms with Gasteiger partial charge in [0.2, 0.25) is 0 Å². The second kappa shape index (κ2) is 8.08. The molecule has 0 atom stereocenters. The summed E-state index contributed by atoms with van der Waals surface area (Å²) in [7, 11) is 0. The van der Waals surface area contributed by atoms with Crippen LogP contribution in [0.5, 0.6) is 0 Å². The molecule has 1 aromatic heterocycles. The van der Waals surface area contributed by atoms with Gasteiger partial charge in [-0.05, 0) is 35.1 Å². The van der Waals surface area contributed by atoms with Gasteiger partial charge < -0.3 is 5.32 Å². The topological polar surface area (TPSA) is 24.9 Å². The molecule has 0 saturated carbocycles. The Balaban J connectivity index is 1.85. The van der Waals surface area contributed by atoms with Crippen LogP contribution >= 0.6 is 0 Å². The molecule has 0 aliphatic heterocycles. The highest BCUT2D eigenvalue weighted by Crippen LogP contribution is 2.36. The Bertz CT molecular complexity index is 1100. The van der Waals surface area contributed by atoms with Crippen molar-refractivity contribution in [2.75, 3.05) is 5.32 Å². The lowest BCUT2D eigenvalue weighted by atomic mass is 9.92. The van der Waals surface area contributed by atoms with Gasteiger partial charge in [-0.2, -0.15) is 0 Å². The van der Waals surface area contributed by atoms with Crippen molar-refractivity contribution >= 4 is 22.3 Å². The molecule has 4 aromatic rings. The van der Waals surface area contributed by atoms with Crippen molar-refractivity contribution in [1.29, 1.82) is 0 Å². The minimum atomic E-state index is 0.444. The van der Waals surface area contributed by atoms with Gasteiger partial charge in [-0.25, -0.2) is 4.98 Å². The van der Waals surface area contributed by atoms with Gasteiger partial charge in [0.05, 0.1) is 16.9 Å². The summed E-state index contributed by atoms with van der Waals surface area (Å²) in [6.45, 7) is 9.00. The van der Waals surface area contributed by atoms with Crippen molar-refractivity contribution < 1.29 is 0 Å². The quantitative estimate of drug-likeness (QED) is 0.381. The Kier molecular flexibility index (Phi) is 5.35. The number of nitrogens with zero attached hydrogens (tertiary/aromatic N) is 1. The summed E-state index contributed by atoms with van der Waals surface area (Å²) >= 11 is 0. The molecule has 29 heavy (non-hydrogen) atoms. The maximum Gasteiger partial charge on any atom is 0.0944 e. The van der Waals surface area contributed by atoms with Crippen LogP contribution in [0.2, 0.25) is 0 Å². The molecule has 3 aromatic carbocycles. The van der Waals surface area contributed by atoms with Gasteiger partial charge in [0.25, 0.3) is 0 Å². The van der Waals surface area contributed by atoms with Crippen molar-refractivity contribution in [1.82, 2.24) is 4.98 Å². The van der Waals surface area contributed by atoms with Crippen molar-refractivity contribution in [3.63, 3.8) is 0 Å². The van der Waals surface area contributed by atoms with Crippen LogP contribution < -0.4 is 5.32 Å². The average molecular weight is 381 g/mol. The van der Waals surface area contributed by atoms with Crippen LogP contribution in [0.15, 0.2) is 78.9 Å². The lowest BCUT2D eigenvalue weighted by molar-refractivity contribution is 0.838. The van der Waals surface area contributed by atoms with E-state index in [-0.39, 0.29) is 0 Å². The van der Waals surface area contributed by atoms with E-state index in [1.165, 1.54) is 16.8 Å². The number of fused-ring (bicyclic) bond motifs is 1. The molecule has 0 unspecified atom stereocenters. The van der Waals surface area contributed by atoms with E-state index in [1.807, 2.05) is 6.07 Å². The van der Waals surface area contributed by atoms with Crippen molar-refractivity contribution in [3.05, 3.63) is 90.0 Å². The molecule has 0 bridgehead atoms. The van der Waals surface area contributed by atoms with Gasteiger partial charge in [-0.1, -0.05) is 94.4 Å². The molecule has 0 amide bonds. The van der Waals surface area contributed by atoms with E-state index in [1.54, 1.807) is 0 Å². The number of anilines is 2. The van der Waals surface area contributed by atoms with Crippen molar-refractivity contribution in [2.24, 2.45) is 0 Å². The number of hydrogen-bond donors (Lipinski definition) is 1. The number of benzene rings is 3. The molecule has 2 heteroatoms. The Morgan fingerprint density at radius 3 is 1.97 bits per heavy atom. The first-order chi connectivity index (χ1) is 14.0. The molecule has 0 fully saturated rings. The molecule has 4 rings (SSSR count). The highest BCUT2D eigenvalue weighted by Gasteiger charge is 2.15. The van der Waals surface area contributed by atoms with Gasteiger partial charge in [-0.3, -0.25) is 0 Å². The highest BCUT2D eigenvalue weighted by molar-refractivity contribution is 5.94. The van der Waals surface area contributed by atoms with E-state index in [2.05, 4.69) is 106 Å². The standard InChI is InChI=1S/C27H28N2/c1-18(2)22-13-9-14-23(19(3)4)27(22)29-25-15-8-12-21-16-17-24(28-26(21)25)20-10-6-5-7-11-20/h5-19,29H,1-4H3. The van der Waals surface area contributed by atoms with Crippen LogP contribution in [0.3, 0.4) is 0 Å². The van der Waals surface area contributed by atoms with Crippen LogP contribution in [-0.4, -0.2) is 4.98 Å². The van der Waals surface area contributed by atoms with Crippen LogP contribution in [-0.2, 0) is 0 Å². The molecule has 0 saturated heterocycles. The summed E-state index contributed by atoms with van der Waals surface area (Å²) < 4.78 is 0. The van der Waals surface area contributed by atoms with Crippen LogP contribution in [0, 0.1) is 0 Å². The van der Waals surface area contributed by atoms with Gasteiger partial charge in [0.1, 0.15) is 0 Å². The number of hydrogen-bond acceptors (Lipinski definition) is 2. The summed E-state index contributed by atoms with van der Waals surface area (Å²) in [4.78, 5) is 5.03. The summed E-state index contributed by atoms with van der Waals surface area (Å²) in [5.74, 6) is 0.887. The smallest absolute Gasteiger partial charge is 0.0944 e. The second-order valence-electron chi connectivity index (χ2n) is 8.19. The number of rotatable bonds is 5. The molecule has 0 aliphatic rings. The van der Waals surface area contributed by atoms with Crippen molar-refractivity contribution in [2.45, 2.75) is 39.5 Å². The fourth-order valence-electron chi connectivity index (χ4n) is 3.85. The number of aromatic nitrogens is 1. The molecule has 0 aliphatic carbocycles. The molecule has 1 N–H and O–H groups in total. The highest BCUT2D eigenvalue weighted by atomic mass is 14.9. The summed E-state index contributed by atoms with van der Waals surface area (Å²) in [6.07, 6.45) is 0. The molecule has 1 heterocycles. The second-order valence-corrected chi connectivity index (χ2v) is 8.19. The third-order valence-electron chi connectivity index (χ3n) is 5.42. The number of pyridine rings is 1. The fourth-order valence-corrected chi connectivity index (χ4v) is 3.85. The van der Waals surface area contributed by atoms with E-state index in [0.717, 1.165) is 27.8 Å². The maximum atomic E-state index is 5.03. The van der Waals surface area contributed by atoms with Crippen LogP contribution in [0.25, 0.3) is 22.2 Å². The first-order valence-corrected chi connectivity index (χ1v) is 10.4. The molecule has 0 spiro atoms. The average Bonchev–Trinajstić information content (AvgIpc) is 2.74. The first kappa shape index (κ1) is 19.2. The Morgan fingerprint density at radius 2 is 1.31 bits per heavy atom. The van der Waals surface area contributed by atoms with E-state index in [4.69, 9.17) is 4.98 Å². The lowest BCUT2D eigenvalue weighted by Gasteiger charge is -2.21. The zero-order chi connectivity index (χ0) is 20.4. The minimum absolute atomic E-state index is 0.444. The third kappa shape index (κ3) is 3.88. The van der Waals surface area contributed by atoms with Crippen molar-refractivity contribution in [3.8, 4) is 11.3 Å². The zero-order valence-electron chi connectivity index (χ0n) is 17.6. The third-order valence-corrected chi connectivity index (χ3v) is 5.42. The van der Waals surface area contributed by atoms with Gasteiger partial charge in [0.15, 0.2) is 0 Å². The molecule has 146 valence electrons. The molecular formula is C27H28N2. The summed E-state index contributed by atoms with van der Waals surface area (Å²) in [6, 6.07) is 27.6. The SMILES string of the molecule is CC(C)c1cccc(C(C)C)c1Nc1cccc2ccc(-c3ccccc3)nc12. The largest absolute Gasteiger partial charge is 0.353 e. The summed E-state index contributed by atoms with van der Waals surface area (Å²) in [5.41, 5.74) is 8.08. The minimum Gasteiger partial charge on any atom is -0.353 e. The normalized spacial score (nSPS) is 11.4. The monoisotopic (exact) mass is 380 g/mol.